The number of aromatic nitrogens is 1. The van der Waals surface area contributed by atoms with Gasteiger partial charge in [0.15, 0.2) is 5.13 Å². The van der Waals surface area contributed by atoms with Crippen molar-refractivity contribution in [2.75, 3.05) is 11.9 Å². The number of carbonyl (C=O) groups is 2. The zero-order valence-corrected chi connectivity index (χ0v) is 16.4. The molecule has 3 N–H and O–H groups in total. The molecule has 2 rings (SSSR count). The van der Waals surface area contributed by atoms with Crippen molar-refractivity contribution in [3.63, 3.8) is 0 Å². The first kappa shape index (κ1) is 21.7. The van der Waals surface area contributed by atoms with Gasteiger partial charge in [0.25, 0.3) is 5.91 Å². The summed E-state index contributed by atoms with van der Waals surface area (Å²) in [4.78, 5) is 28.2. The van der Waals surface area contributed by atoms with Crippen LogP contribution in [0.3, 0.4) is 0 Å². The van der Waals surface area contributed by atoms with E-state index in [1.54, 1.807) is 6.92 Å². The van der Waals surface area contributed by atoms with E-state index in [9.17, 15) is 22.8 Å². The lowest BCUT2D eigenvalue weighted by Crippen LogP contribution is -2.45. The van der Waals surface area contributed by atoms with Gasteiger partial charge in [0, 0.05) is 17.6 Å². The molecule has 6 nitrogen and oxygen atoms in total. The predicted octanol–water partition coefficient (Wildman–Crippen LogP) is 3.80. The molecule has 1 heterocycles. The Hall–Kier alpha value is -2.62. The maximum Gasteiger partial charge on any atom is 0.416 e. The smallest absolute Gasteiger partial charge is 0.354 e. The summed E-state index contributed by atoms with van der Waals surface area (Å²) >= 11 is 1.07. The van der Waals surface area contributed by atoms with E-state index in [1.165, 1.54) is 17.5 Å². The average molecular weight is 414 g/mol. The molecule has 0 fully saturated rings. The lowest BCUT2D eigenvalue weighted by Gasteiger charge is -2.14. The summed E-state index contributed by atoms with van der Waals surface area (Å²) in [6, 6.07) is 3.94. The van der Waals surface area contributed by atoms with Crippen molar-refractivity contribution < 1.29 is 22.8 Å². The van der Waals surface area contributed by atoms with Crippen LogP contribution in [0.25, 0.3) is 0 Å². The lowest BCUT2D eigenvalue weighted by molar-refractivity contribution is -0.137. The normalized spacial score (nSPS) is 12.5. The van der Waals surface area contributed by atoms with Gasteiger partial charge >= 0.3 is 6.18 Å². The number of carbonyl (C=O) groups excluding carboxylic acids is 2. The Labute approximate surface area is 164 Å². The van der Waals surface area contributed by atoms with E-state index in [2.05, 4.69) is 20.9 Å². The Morgan fingerprint density at radius 3 is 2.57 bits per heavy atom. The SMILES string of the molecule is CC(C)CNC(=O)C(C)NC(=O)c1csc(Nc2cccc(C(F)(F)F)c2)n1. The monoisotopic (exact) mass is 414 g/mol. The summed E-state index contributed by atoms with van der Waals surface area (Å²) < 4.78 is 38.3. The molecule has 2 amide bonds. The van der Waals surface area contributed by atoms with Gasteiger partial charge in [-0.15, -0.1) is 11.3 Å². The van der Waals surface area contributed by atoms with Gasteiger partial charge in [-0.25, -0.2) is 4.98 Å². The topological polar surface area (TPSA) is 83.1 Å². The summed E-state index contributed by atoms with van der Waals surface area (Å²) in [6.07, 6.45) is -4.45. The third-order valence-electron chi connectivity index (χ3n) is 3.60. The summed E-state index contributed by atoms with van der Waals surface area (Å²) in [6.45, 7) is 5.97. The van der Waals surface area contributed by atoms with E-state index in [-0.39, 0.29) is 28.3 Å². The molecular weight excluding hydrogens is 393 g/mol. The van der Waals surface area contributed by atoms with Crippen LogP contribution >= 0.6 is 11.3 Å². The van der Waals surface area contributed by atoms with Crippen molar-refractivity contribution in [1.82, 2.24) is 15.6 Å². The van der Waals surface area contributed by atoms with Crippen molar-refractivity contribution in [2.45, 2.75) is 33.0 Å². The van der Waals surface area contributed by atoms with Gasteiger partial charge in [0.2, 0.25) is 5.91 Å². The van der Waals surface area contributed by atoms with Crippen molar-refractivity contribution in [3.05, 3.63) is 40.9 Å². The highest BCUT2D eigenvalue weighted by molar-refractivity contribution is 7.14. The molecule has 0 spiro atoms. The van der Waals surface area contributed by atoms with Gasteiger partial charge in [0.05, 0.1) is 5.56 Å². The molecule has 0 bridgehead atoms. The maximum atomic E-state index is 12.8. The number of anilines is 2. The number of nitrogens with zero attached hydrogens (tertiary/aromatic N) is 1. The molecule has 10 heteroatoms. The van der Waals surface area contributed by atoms with Crippen LogP contribution in [0.2, 0.25) is 0 Å². The number of rotatable bonds is 7. The molecule has 1 unspecified atom stereocenters. The van der Waals surface area contributed by atoms with Gasteiger partial charge in [-0.1, -0.05) is 19.9 Å². The van der Waals surface area contributed by atoms with Crippen LogP contribution in [0.4, 0.5) is 24.0 Å². The van der Waals surface area contributed by atoms with E-state index in [0.717, 1.165) is 23.5 Å². The third-order valence-corrected chi connectivity index (χ3v) is 4.36. The number of amides is 2. The van der Waals surface area contributed by atoms with Crippen molar-refractivity contribution in [3.8, 4) is 0 Å². The molecule has 0 aliphatic carbocycles. The number of hydrogen-bond acceptors (Lipinski definition) is 5. The molecule has 0 saturated carbocycles. The number of alkyl halides is 3. The number of thiazole rings is 1. The zero-order chi connectivity index (χ0) is 20.9. The first-order chi connectivity index (χ1) is 13.1. The maximum absolute atomic E-state index is 12.8. The van der Waals surface area contributed by atoms with Crippen LogP contribution < -0.4 is 16.0 Å². The van der Waals surface area contributed by atoms with Gasteiger partial charge < -0.3 is 16.0 Å². The summed E-state index contributed by atoms with van der Waals surface area (Å²) in [5.41, 5.74) is -0.506. The molecule has 0 radical (unpaired) electrons. The summed E-state index contributed by atoms with van der Waals surface area (Å²) in [5, 5.41) is 9.74. The molecule has 0 aliphatic rings. The fraction of sp³-hybridized carbons (Fsp3) is 0.389. The quantitative estimate of drug-likeness (QED) is 0.644. The second kappa shape index (κ2) is 9.05. The van der Waals surface area contributed by atoms with Crippen LogP contribution in [-0.2, 0) is 11.0 Å². The Balaban J connectivity index is 1.98. The minimum absolute atomic E-state index is 0.0722. The Kier molecular flexibility index (Phi) is 7.00. The molecule has 0 aliphatic heterocycles. The standard InChI is InChI=1S/C18H21F3N4O2S/c1-10(2)8-22-15(26)11(3)23-16(27)14-9-28-17(25-14)24-13-6-4-5-12(7-13)18(19,20)21/h4-7,9-11H,8H2,1-3H3,(H,22,26)(H,23,27)(H,24,25). The van der Waals surface area contributed by atoms with Crippen LogP contribution in [-0.4, -0.2) is 29.4 Å². The summed E-state index contributed by atoms with van der Waals surface area (Å²) in [7, 11) is 0. The molecular formula is C18H21F3N4O2S. The molecule has 1 atom stereocenters. The lowest BCUT2D eigenvalue weighted by atomic mass is 10.2. The fourth-order valence-electron chi connectivity index (χ4n) is 2.13. The van der Waals surface area contributed by atoms with E-state index in [1.807, 2.05) is 13.8 Å². The minimum Gasteiger partial charge on any atom is -0.354 e. The minimum atomic E-state index is -4.45. The highest BCUT2D eigenvalue weighted by Gasteiger charge is 2.30. The average Bonchev–Trinajstić information content (AvgIpc) is 3.07. The molecule has 1 aromatic carbocycles. The highest BCUT2D eigenvalue weighted by Crippen LogP contribution is 2.31. The molecule has 152 valence electrons. The molecule has 28 heavy (non-hydrogen) atoms. The molecule has 0 saturated heterocycles. The Morgan fingerprint density at radius 2 is 1.93 bits per heavy atom. The molecule has 2 aromatic rings. The van der Waals surface area contributed by atoms with Gasteiger partial charge in [0.1, 0.15) is 11.7 Å². The second-order valence-corrected chi connectivity index (χ2v) is 7.43. The van der Waals surface area contributed by atoms with Crippen molar-refractivity contribution in [1.29, 1.82) is 0 Å². The van der Waals surface area contributed by atoms with Crippen LogP contribution in [0.1, 0.15) is 36.8 Å². The summed E-state index contributed by atoms with van der Waals surface area (Å²) in [5.74, 6) is -0.560. The fourth-order valence-corrected chi connectivity index (χ4v) is 2.84. The van der Waals surface area contributed by atoms with E-state index < -0.39 is 23.7 Å². The Morgan fingerprint density at radius 1 is 1.21 bits per heavy atom. The Bertz CT molecular complexity index is 836. The first-order valence-corrected chi connectivity index (χ1v) is 9.42. The highest BCUT2D eigenvalue weighted by atomic mass is 32.1. The van der Waals surface area contributed by atoms with Crippen molar-refractivity contribution in [2.24, 2.45) is 5.92 Å². The number of hydrogen-bond donors (Lipinski definition) is 3. The van der Waals surface area contributed by atoms with Crippen LogP contribution in [0, 0.1) is 5.92 Å². The predicted molar refractivity (Wildman–Crippen MR) is 102 cm³/mol. The van der Waals surface area contributed by atoms with E-state index in [0.29, 0.717) is 6.54 Å². The largest absolute Gasteiger partial charge is 0.416 e. The van der Waals surface area contributed by atoms with Crippen LogP contribution in [0.5, 0.6) is 0 Å². The number of halogens is 3. The first-order valence-electron chi connectivity index (χ1n) is 8.54. The van der Waals surface area contributed by atoms with Crippen molar-refractivity contribution >= 4 is 34.0 Å². The molecule has 1 aromatic heterocycles. The van der Waals surface area contributed by atoms with E-state index in [4.69, 9.17) is 0 Å². The zero-order valence-electron chi connectivity index (χ0n) is 15.6. The second-order valence-electron chi connectivity index (χ2n) is 6.58. The van der Waals surface area contributed by atoms with Gasteiger partial charge in [-0.05, 0) is 31.0 Å². The van der Waals surface area contributed by atoms with Gasteiger partial charge in [-0.3, -0.25) is 9.59 Å². The number of nitrogens with one attached hydrogen (secondary N) is 3. The third kappa shape index (κ3) is 6.22. The van der Waals surface area contributed by atoms with Gasteiger partial charge in [-0.2, -0.15) is 13.2 Å². The van der Waals surface area contributed by atoms with E-state index >= 15 is 0 Å². The van der Waals surface area contributed by atoms with Crippen LogP contribution in [0.15, 0.2) is 29.6 Å². The number of benzene rings is 1.